The number of likely N-dealkylation sites (N-methyl/N-ethyl adjacent to an activating group) is 1. The zero-order valence-corrected chi connectivity index (χ0v) is 10.3. The summed E-state index contributed by atoms with van der Waals surface area (Å²) >= 11 is 1.87. The third-order valence-electron chi connectivity index (χ3n) is 2.09. The van der Waals surface area contributed by atoms with Gasteiger partial charge in [0.1, 0.15) is 0 Å². The molecule has 0 aliphatic heterocycles. The lowest BCUT2D eigenvalue weighted by atomic mass is 10.1. The molecular formula is C10H23NOS. The van der Waals surface area contributed by atoms with Gasteiger partial charge in [-0.3, -0.25) is 4.90 Å². The molecule has 0 bridgehead atoms. The molecule has 0 saturated carbocycles. The van der Waals surface area contributed by atoms with E-state index < -0.39 is 5.60 Å². The van der Waals surface area contributed by atoms with Gasteiger partial charge in [-0.05, 0) is 33.6 Å². The second kappa shape index (κ2) is 5.89. The van der Waals surface area contributed by atoms with Crippen molar-refractivity contribution in [2.75, 3.05) is 25.6 Å². The van der Waals surface area contributed by atoms with Gasteiger partial charge in [-0.15, -0.1) is 0 Å². The fraction of sp³-hybridized carbons (Fsp3) is 1.00. The molecule has 0 radical (unpaired) electrons. The summed E-state index contributed by atoms with van der Waals surface area (Å²) in [5.41, 5.74) is -0.583. The predicted octanol–water partition coefficient (Wildman–Crippen LogP) is 1.83. The molecule has 2 nitrogen and oxygen atoms in total. The molecule has 0 saturated heterocycles. The molecule has 1 atom stereocenters. The summed E-state index contributed by atoms with van der Waals surface area (Å²) in [7, 11) is 2.09. The van der Waals surface area contributed by atoms with Crippen molar-refractivity contribution in [1.29, 1.82) is 0 Å². The first kappa shape index (κ1) is 13.3. The van der Waals surface area contributed by atoms with Gasteiger partial charge in [0.2, 0.25) is 0 Å². The number of nitrogens with zero attached hydrogens (tertiary/aromatic N) is 1. The summed E-state index contributed by atoms with van der Waals surface area (Å²) in [6.45, 7) is 6.65. The first-order valence-corrected chi connectivity index (χ1v) is 6.21. The summed E-state index contributed by atoms with van der Waals surface area (Å²) in [5, 5.41) is 9.65. The van der Waals surface area contributed by atoms with Crippen LogP contribution in [0.4, 0.5) is 0 Å². The molecule has 0 heterocycles. The minimum Gasteiger partial charge on any atom is -0.389 e. The second-order valence-corrected chi connectivity index (χ2v) is 5.16. The molecule has 0 aromatic carbocycles. The van der Waals surface area contributed by atoms with E-state index in [4.69, 9.17) is 0 Å². The van der Waals surface area contributed by atoms with Crippen LogP contribution in [0.15, 0.2) is 0 Å². The number of rotatable bonds is 6. The van der Waals surface area contributed by atoms with Crippen molar-refractivity contribution >= 4 is 11.8 Å². The van der Waals surface area contributed by atoms with Crippen LogP contribution in [-0.4, -0.2) is 47.3 Å². The molecule has 0 amide bonds. The van der Waals surface area contributed by atoms with E-state index in [2.05, 4.69) is 25.1 Å². The van der Waals surface area contributed by atoms with Crippen molar-refractivity contribution in [1.82, 2.24) is 4.90 Å². The van der Waals surface area contributed by atoms with Crippen molar-refractivity contribution in [3.63, 3.8) is 0 Å². The number of hydrogen-bond donors (Lipinski definition) is 1. The largest absolute Gasteiger partial charge is 0.389 e. The highest BCUT2D eigenvalue weighted by Crippen LogP contribution is 2.12. The van der Waals surface area contributed by atoms with E-state index in [0.717, 1.165) is 18.7 Å². The highest BCUT2D eigenvalue weighted by Gasteiger charge is 2.20. The van der Waals surface area contributed by atoms with Crippen LogP contribution in [0.3, 0.4) is 0 Å². The maximum absolute atomic E-state index is 9.65. The molecule has 0 aliphatic rings. The Bertz CT molecular complexity index is 133. The van der Waals surface area contributed by atoms with E-state index >= 15 is 0 Å². The summed E-state index contributed by atoms with van der Waals surface area (Å²) in [6.07, 6.45) is 3.27. The van der Waals surface area contributed by atoms with Crippen LogP contribution in [0.25, 0.3) is 0 Å². The van der Waals surface area contributed by atoms with Crippen molar-refractivity contribution in [2.24, 2.45) is 0 Å². The molecule has 1 N–H and O–H groups in total. The summed E-state index contributed by atoms with van der Waals surface area (Å²) < 4.78 is 0. The van der Waals surface area contributed by atoms with Gasteiger partial charge in [-0.1, -0.05) is 6.92 Å². The summed E-state index contributed by atoms with van der Waals surface area (Å²) in [5.74, 6) is 1.14. The van der Waals surface area contributed by atoms with Crippen molar-refractivity contribution in [3.8, 4) is 0 Å². The van der Waals surface area contributed by atoms with Gasteiger partial charge in [0.25, 0.3) is 0 Å². The average molecular weight is 205 g/mol. The zero-order chi connectivity index (χ0) is 10.5. The normalized spacial score (nSPS) is 15.0. The number of thioether (sulfide) groups is 1. The van der Waals surface area contributed by atoms with E-state index in [0.29, 0.717) is 6.04 Å². The first-order chi connectivity index (χ1) is 5.90. The van der Waals surface area contributed by atoms with Crippen LogP contribution in [0, 0.1) is 0 Å². The number of hydrogen-bond acceptors (Lipinski definition) is 3. The Labute approximate surface area is 86.7 Å². The molecule has 0 fully saturated rings. The molecule has 0 spiro atoms. The first-order valence-electron chi connectivity index (χ1n) is 4.82. The lowest BCUT2D eigenvalue weighted by molar-refractivity contribution is 0.0337. The molecule has 80 valence electrons. The van der Waals surface area contributed by atoms with Gasteiger partial charge in [0.15, 0.2) is 0 Å². The van der Waals surface area contributed by atoms with Crippen LogP contribution >= 0.6 is 11.8 Å². The molecule has 13 heavy (non-hydrogen) atoms. The Morgan fingerprint density at radius 1 is 1.46 bits per heavy atom. The van der Waals surface area contributed by atoms with Gasteiger partial charge in [-0.2, -0.15) is 11.8 Å². The quantitative estimate of drug-likeness (QED) is 0.715. The lowest BCUT2D eigenvalue weighted by Gasteiger charge is -2.31. The molecule has 1 unspecified atom stereocenters. The Morgan fingerprint density at radius 3 is 2.31 bits per heavy atom. The van der Waals surface area contributed by atoms with Gasteiger partial charge >= 0.3 is 0 Å². The smallest absolute Gasteiger partial charge is 0.0718 e. The van der Waals surface area contributed by atoms with Gasteiger partial charge in [0.05, 0.1) is 5.60 Å². The van der Waals surface area contributed by atoms with Gasteiger partial charge in [-0.25, -0.2) is 0 Å². The van der Waals surface area contributed by atoms with Crippen LogP contribution in [-0.2, 0) is 0 Å². The molecule has 0 aromatic heterocycles. The monoisotopic (exact) mass is 205 g/mol. The van der Waals surface area contributed by atoms with Crippen molar-refractivity contribution in [2.45, 2.75) is 38.8 Å². The summed E-state index contributed by atoms with van der Waals surface area (Å²) in [4.78, 5) is 2.25. The molecule has 3 heteroatoms. The van der Waals surface area contributed by atoms with Crippen LogP contribution in [0.5, 0.6) is 0 Å². The Morgan fingerprint density at radius 2 is 2.00 bits per heavy atom. The molecule has 0 aromatic rings. The highest BCUT2D eigenvalue weighted by atomic mass is 32.2. The van der Waals surface area contributed by atoms with E-state index in [1.165, 1.54) is 0 Å². The van der Waals surface area contributed by atoms with Crippen LogP contribution in [0.1, 0.15) is 27.2 Å². The fourth-order valence-corrected chi connectivity index (χ4v) is 2.36. The molecular weight excluding hydrogens is 182 g/mol. The minimum absolute atomic E-state index is 0.583. The lowest BCUT2D eigenvalue weighted by Crippen LogP contribution is -2.42. The predicted molar refractivity (Wildman–Crippen MR) is 61.4 cm³/mol. The minimum atomic E-state index is -0.583. The highest BCUT2D eigenvalue weighted by molar-refractivity contribution is 7.98. The summed E-state index contributed by atoms with van der Waals surface area (Å²) in [6, 6.07) is 0.585. The standard InChI is InChI=1S/C10H23NOS/c1-6-9(7-13-5)11(4)8-10(2,3)12/h9,12H,6-8H2,1-5H3. The van der Waals surface area contributed by atoms with Crippen LogP contribution in [0.2, 0.25) is 0 Å². The molecule has 0 rings (SSSR count). The zero-order valence-electron chi connectivity index (χ0n) is 9.50. The Balaban J connectivity index is 3.97. The van der Waals surface area contributed by atoms with E-state index in [1.807, 2.05) is 25.6 Å². The topological polar surface area (TPSA) is 23.5 Å². The Hall–Kier alpha value is 0.270. The van der Waals surface area contributed by atoms with Gasteiger partial charge in [0, 0.05) is 18.3 Å². The Kier molecular flexibility index (Phi) is 6.01. The SMILES string of the molecule is CCC(CSC)N(C)CC(C)(C)O. The fourth-order valence-electron chi connectivity index (χ4n) is 1.49. The van der Waals surface area contributed by atoms with E-state index in [1.54, 1.807) is 0 Å². The maximum atomic E-state index is 9.65. The van der Waals surface area contributed by atoms with Crippen molar-refractivity contribution in [3.05, 3.63) is 0 Å². The average Bonchev–Trinajstić information content (AvgIpc) is 1.96. The third kappa shape index (κ3) is 6.36. The number of aliphatic hydroxyl groups is 1. The maximum Gasteiger partial charge on any atom is 0.0718 e. The second-order valence-electron chi connectivity index (χ2n) is 4.24. The molecule has 0 aliphatic carbocycles. The van der Waals surface area contributed by atoms with Crippen LogP contribution < -0.4 is 0 Å². The van der Waals surface area contributed by atoms with E-state index in [-0.39, 0.29) is 0 Å². The van der Waals surface area contributed by atoms with Crippen molar-refractivity contribution < 1.29 is 5.11 Å². The third-order valence-corrected chi connectivity index (χ3v) is 2.81. The van der Waals surface area contributed by atoms with E-state index in [9.17, 15) is 5.11 Å². The van der Waals surface area contributed by atoms with Gasteiger partial charge < -0.3 is 5.11 Å².